The number of amides is 2. The van der Waals surface area contributed by atoms with E-state index in [1.54, 1.807) is 29.8 Å². The Morgan fingerprint density at radius 1 is 0.971 bits per heavy atom. The smallest absolute Gasteiger partial charge is 0.271 e. The Kier molecular flexibility index (Phi) is 4.77. The number of hydrogen-bond donors (Lipinski definition) is 3. The molecule has 0 spiro atoms. The van der Waals surface area contributed by atoms with Crippen molar-refractivity contribution < 1.29 is 9.59 Å². The molecule has 34 heavy (non-hydrogen) atoms. The minimum atomic E-state index is -0.251. The van der Waals surface area contributed by atoms with E-state index in [-0.39, 0.29) is 17.4 Å². The maximum absolute atomic E-state index is 13.1. The quantitative estimate of drug-likeness (QED) is 0.372. The van der Waals surface area contributed by atoms with Crippen LogP contribution >= 0.6 is 11.3 Å². The van der Waals surface area contributed by atoms with Crippen LogP contribution in [0, 0.1) is 0 Å². The van der Waals surface area contributed by atoms with Crippen LogP contribution in [0.1, 0.15) is 31.8 Å². The van der Waals surface area contributed by atoms with Crippen LogP contribution in [0.3, 0.4) is 0 Å². The lowest BCUT2D eigenvalue weighted by atomic mass is 9.96. The molecule has 0 aliphatic carbocycles. The van der Waals surface area contributed by atoms with Gasteiger partial charge in [-0.2, -0.15) is 0 Å². The van der Waals surface area contributed by atoms with Gasteiger partial charge in [-0.3, -0.25) is 24.6 Å². The molecule has 5 aromatic rings. The predicted octanol–water partition coefficient (Wildman–Crippen LogP) is 3.92. The fraction of sp³-hybridized carbons (Fsp3) is 0.120. The van der Waals surface area contributed by atoms with Crippen molar-refractivity contribution in [3.63, 3.8) is 0 Å². The molecule has 9 heteroatoms. The number of carbonyl (C=O) groups excluding carboxylic acids is 2. The average molecular weight is 470 g/mol. The minimum absolute atomic E-state index is 0.0235. The molecule has 8 nitrogen and oxygen atoms in total. The van der Waals surface area contributed by atoms with Crippen molar-refractivity contribution in [2.75, 3.05) is 11.9 Å². The number of carbonyl (C=O) groups is 2. The summed E-state index contributed by atoms with van der Waals surface area (Å²) in [4.78, 5) is 43.8. The number of benzene rings is 3. The maximum Gasteiger partial charge on any atom is 0.271 e. The third-order valence-corrected chi connectivity index (χ3v) is 6.97. The molecule has 1 aliphatic heterocycles. The molecule has 1 aliphatic rings. The highest BCUT2D eigenvalue weighted by atomic mass is 32.1. The van der Waals surface area contributed by atoms with Crippen molar-refractivity contribution in [1.82, 2.24) is 20.1 Å². The molecule has 3 N–H and O–H groups in total. The Labute approximate surface area is 197 Å². The molecule has 0 saturated carbocycles. The van der Waals surface area contributed by atoms with E-state index >= 15 is 0 Å². The number of H-pyrrole nitrogens is 2. The third kappa shape index (κ3) is 3.56. The number of anilines is 1. The summed E-state index contributed by atoms with van der Waals surface area (Å²) in [7, 11) is 0. The molecule has 6 rings (SSSR count). The van der Waals surface area contributed by atoms with Gasteiger partial charge < -0.3 is 10.2 Å². The molecule has 0 bridgehead atoms. The highest BCUT2D eigenvalue weighted by Gasteiger charge is 2.23. The van der Waals surface area contributed by atoms with Gasteiger partial charge in [0.15, 0.2) is 0 Å². The number of aromatic nitrogens is 3. The van der Waals surface area contributed by atoms with Gasteiger partial charge in [-0.25, -0.2) is 4.98 Å². The van der Waals surface area contributed by atoms with Gasteiger partial charge in [0.2, 0.25) is 0 Å². The number of aromatic amines is 2. The maximum atomic E-state index is 13.1. The van der Waals surface area contributed by atoms with E-state index in [0.717, 1.165) is 27.8 Å². The first kappa shape index (κ1) is 20.4. The number of nitrogens with zero attached hydrogens (tertiary/aromatic N) is 2. The van der Waals surface area contributed by atoms with E-state index in [1.165, 1.54) is 11.3 Å². The monoisotopic (exact) mass is 469 g/mol. The molecule has 168 valence electrons. The van der Waals surface area contributed by atoms with Crippen LogP contribution in [0.2, 0.25) is 0 Å². The number of nitrogens with one attached hydrogen (secondary N) is 3. The van der Waals surface area contributed by atoms with Crippen LogP contribution in [-0.2, 0) is 13.0 Å². The number of thiazole rings is 1. The molecule has 2 amide bonds. The fourth-order valence-corrected chi connectivity index (χ4v) is 5.08. The molecule has 0 fully saturated rings. The van der Waals surface area contributed by atoms with Crippen LogP contribution in [0.5, 0.6) is 0 Å². The van der Waals surface area contributed by atoms with E-state index in [0.29, 0.717) is 40.8 Å². The van der Waals surface area contributed by atoms with Gasteiger partial charge >= 0.3 is 0 Å². The highest BCUT2D eigenvalue weighted by Crippen LogP contribution is 2.25. The average Bonchev–Trinajstić information content (AvgIpc) is 3.48. The van der Waals surface area contributed by atoms with Gasteiger partial charge in [-0.1, -0.05) is 6.07 Å². The fourth-order valence-electron chi connectivity index (χ4n) is 4.36. The summed E-state index contributed by atoms with van der Waals surface area (Å²) in [6.45, 7) is 1.08. The Morgan fingerprint density at radius 3 is 2.76 bits per heavy atom. The molecule has 2 aromatic heterocycles. The van der Waals surface area contributed by atoms with Crippen molar-refractivity contribution in [3.8, 4) is 0 Å². The number of hydrogen-bond acceptors (Lipinski definition) is 5. The first-order valence-electron chi connectivity index (χ1n) is 10.8. The summed E-state index contributed by atoms with van der Waals surface area (Å²) in [6.07, 6.45) is 0.739. The summed E-state index contributed by atoms with van der Waals surface area (Å²) in [6, 6.07) is 16.3. The van der Waals surface area contributed by atoms with Gasteiger partial charge in [0.1, 0.15) is 0 Å². The lowest BCUT2D eigenvalue weighted by Crippen LogP contribution is -2.36. The summed E-state index contributed by atoms with van der Waals surface area (Å²) in [5.41, 5.74) is 6.95. The largest absolute Gasteiger partial charge is 0.334 e. The SMILES string of the molecule is O=C(Nc1ccc2c(=O)[nH][nH]c2c1)c1ccc2c(c1)CN(C(=O)c1ccc3ncsc3c1)CC2. The van der Waals surface area contributed by atoms with Crippen LogP contribution in [0.4, 0.5) is 5.69 Å². The lowest BCUT2D eigenvalue weighted by Gasteiger charge is -2.29. The van der Waals surface area contributed by atoms with Crippen molar-refractivity contribution in [2.24, 2.45) is 0 Å². The summed E-state index contributed by atoms with van der Waals surface area (Å²) in [5, 5.41) is 8.73. The van der Waals surface area contributed by atoms with E-state index in [9.17, 15) is 14.4 Å². The molecule has 0 saturated heterocycles. The van der Waals surface area contributed by atoms with Crippen LogP contribution < -0.4 is 10.9 Å². The van der Waals surface area contributed by atoms with Crippen LogP contribution in [0.15, 0.2) is 64.9 Å². The van der Waals surface area contributed by atoms with Gasteiger partial charge in [0.25, 0.3) is 17.4 Å². The number of fused-ring (bicyclic) bond motifs is 3. The van der Waals surface area contributed by atoms with Crippen molar-refractivity contribution in [2.45, 2.75) is 13.0 Å². The summed E-state index contributed by atoms with van der Waals surface area (Å²) >= 11 is 1.52. The topological polar surface area (TPSA) is 111 Å². The Morgan fingerprint density at radius 2 is 1.85 bits per heavy atom. The van der Waals surface area contributed by atoms with Crippen molar-refractivity contribution >= 4 is 50.0 Å². The minimum Gasteiger partial charge on any atom is -0.334 e. The Balaban J connectivity index is 1.21. The summed E-state index contributed by atoms with van der Waals surface area (Å²) in [5.74, 6) is -0.274. The second-order valence-corrected chi connectivity index (χ2v) is 9.18. The van der Waals surface area contributed by atoms with Crippen LogP contribution in [0.25, 0.3) is 21.1 Å². The lowest BCUT2D eigenvalue weighted by molar-refractivity contribution is 0.0735. The zero-order valence-electron chi connectivity index (χ0n) is 17.9. The first-order valence-corrected chi connectivity index (χ1v) is 11.7. The second kappa shape index (κ2) is 7.96. The molecular weight excluding hydrogens is 450 g/mol. The van der Waals surface area contributed by atoms with Crippen LogP contribution in [-0.4, -0.2) is 38.4 Å². The van der Waals surface area contributed by atoms with Crippen molar-refractivity contribution in [3.05, 3.63) is 92.7 Å². The van der Waals surface area contributed by atoms with E-state index in [1.807, 2.05) is 35.2 Å². The molecule has 3 heterocycles. The van der Waals surface area contributed by atoms with E-state index in [4.69, 9.17) is 0 Å². The highest BCUT2D eigenvalue weighted by molar-refractivity contribution is 7.16. The van der Waals surface area contributed by atoms with E-state index in [2.05, 4.69) is 20.5 Å². The van der Waals surface area contributed by atoms with Gasteiger partial charge in [-0.05, 0) is 66.1 Å². The number of rotatable bonds is 3. The zero-order valence-corrected chi connectivity index (χ0v) is 18.7. The molecular formula is C25H19N5O3S. The van der Waals surface area contributed by atoms with Crippen molar-refractivity contribution in [1.29, 1.82) is 0 Å². The van der Waals surface area contributed by atoms with Gasteiger partial charge in [0, 0.05) is 29.9 Å². The molecule has 0 unspecified atom stereocenters. The zero-order chi connectivity index (χ0) is 23.2. The molecule has 0 radical (unpaired) electrons. The Bertz CT molecular complexity index is 1650. The first-order chi connectivity index (χ1) is 16.5. The van der Waals surface area contributed by atoms with Gasteiger partial charge in [-0.15, -0.1) is 11.3 Å². The standard InChI is InChI=1S/C25H19N5O3S/c31-23(27-18-4-5-19-21(11-18)28-29-24(19)32)15-2-1-14-7-8-30(12-17(14)9-15)25(33)16-3-6-20-22(10-16)34-13-26-20/h1-6,9-11,13H,7-8,12H2,(H,27,31)(H2,28,29,32). The Hall–Kier alpha value is -4.24. The normalized spacial score (nSPS) is 13.2. The molecule has 0 atom stereocenters. The third-order valence-electron chi connectivity index (χ3n) is 6.18. The molecule has 3 aromatic carbocycles. The summed E-state index contributed by atoms with van der Waals surface area (Å²) < 4.78 is 0.990. The second-order valence-electron chi connectivity index (χ2n) is 8.29. The van der Waals surface area contributed by atoms with E-state index < -0.39 is 0 Å². The predicted molar refractivity (Wildman–Crippen MR) is 131 cm³/mol. The van der Waals surface area contributed by atoms with Gasteiger partial charge in [0.05, 0.1) is 26.6 Å².